The molecular formula is C37H48N6O2. The highest BCUT2D eigenvalue weighted by Crippen LogP contribution is 2.19. The van der Waals surface area contributed by atoms with E-state index in [0.29, 0.717) is 25.9 Å². The van der Waals surface area contributed by atoms with Gasteiger partial charge >= 0.3 is 0 Å². The molecule has 0 aliphatic rings. The Morgan fingerprint density at radius 1 is 0.844 bits per heavy atom. The van der Waals surface area contributed by atoms with Gasteiger partial charge in [-0.2, -0.15) is 0 Å². The second-order valence-electron chi connectivity index (χ2n) is 11.6. The molecule has 0 fully saturated rings. The Morgan fingerprint density at radius 3 is 2.16 bits per heavy atom. The van der Waals surface area contributed by atoms with Crippen LogP contribution in [0.15, 0.2) is 91.3 Å². The summed E-state index contributed by atoms with van der Waals surface area (Å²) in [5.74, 6) is 0.522. The fourth-order valence-corrected chi connectivity index (χ4v) is 5.18. The van der Waals surface area contributed by atoms with E-state index in [4.69, 9.17) is 0 Å². The van der Waals surface area contributed by atoms with Crippen molar-refractivity contribution in [1.82, 2.24) is 30.8 Å². The molecule has 4 N–H and O–H groups in total. The largest absolute Gasteiger partial charge is 0.508 e. The summed E-state index contributed by atoms with van der Waals surface area (Å²) in [5, 5.41) is 20.5. The summed E-state index contributed by atoms with van der Waals surface area (Å²) < 4.78 is 0. The zero-order valence-electron chi connectivity index (χ0n) is 26.7. The number of ketones is 1. The van der Waals surface area contributed by atoms with Crippen molar-refractivity contribution in [2.75, 3.05) is 19.8 Å². The van der Waals surface area contributed by atoms with Crippen LogP contribution < -0.4 is 16.0 Å². The number of nitrogens with zero attached hydrogens (tertiary/aromatic N) is 3. The van der Waals surface area contributed by atoms with Crippen molar-refractivity contribution in [3.63, 3.8) is 0 Å². The minimum atomic E-state index is -0.264. The molecule has 0 amide bonds. The molecule has 0 saturated heterocycles. The van der Waals surface area contributed by atoms with Crippen LogP contribution in [0.3, 0.4) is 0 Å². The van der Waals surface area contributed by atoms with Crippen molar-refractivity contribution in [2.45, 2.75) is 71.8 Å². The number of phenolic OH excluding ortho intramolecular Hbond substituents is 1. The lowest BCUT2D eigenvalue weighted by Gasteiger charge is -2.23. The number of aromatic hydroxyl groups is 1. The fraction of sp³-hybridized carbons (Fsp3) is 0.378. The van der Waals surface area contributed by atoms with Gasteiger partial charge in [-0.15, -0.1) is 0 Å². The normalized spacial score (nSPS) is 12.0. The molecule has 0 bridgehead atoms. The average Bonchev–Trinajstić information content (AvgIpc) is 3.07. The lowest BCUT2D eigenvalue weighted by molar-refractivity contribution is -0.121. The van der Waals surface area contributed by atoms with E-state index < -0.39 is 0 Å². The van der Waals surface area contributed by atoms with Crippen molar-refractivity contribution < 1.29 is 9.90 Å². The molecule has 2 heterocycles. The first-order valence-corrected chi connectivity index (χ1v) is 16.1. The number of hydrogen-bond acceptors (Lipinski definition) is 8. The van der Waals surface area contributed by atoms with Gasteiger partial charge in [0, 0.05) is 64.8 Å². The van der Waals surface area contributed by atoms with E-state index in [-0.39, 0.29) is 17.6 Å². The maximum absolute atomic E-state index is 13.1. The molecule has 2 aromatic carbocycles. The Hall–Kier alpha value is -3.95. The highest BCUT2D eigenvalue weighted by molar-refractivity contribution is 5.84. The van der Waals surface area contributed by atoms with E-state index in [9.17, 15) is 9.90 Å². The van der Waals surface area contributed by atoms with Gasteiger partial charge < -0.3 is 15.7 Å². The zero-order chi connectivity index (χ0) is 31.7. The molecule has 238 valence electrons. The highest BCUT2D eigenvalue weighted by atomic mass is 16.3. The van der Waals surface area contributed by atoms with Crippen molar-refractivity contribution in [3.8, 4) is 5.75 Å². The second-order valence-corrected chi connectivity index (χ2v) is 11.6. The van der Waals surface area contributed by atoms with Crippen LogP contribution in [0, 0.1) is 6.92 Å². The van der Waals surface area contributed by atoms with Crippen molar-refractivity contribution in [3.05, 3.63) is 125 Å². The van der Waals surface area contributed by atoms with Gasteiger partial charge in [-0.25, -0.2) is 0 Å². The molecule has 1 unspecified atom stereocenters. The molecule has 8 nitrogen and oxygen atoms in total. The number of benzene rings is 2. The quantitative estimate of drug-likeness (QED) is 0.0793. The molecule has 1 atom stereocenters. The molecule has 4 aromatic rings. The minimum Gasteiger partial charge on any atom is -0.508 e. The summed E-state index contributed by atoms with van der Waals surface area (Å²) in [5.41, 5.74) is 6.31. The molecule has 2 aromatic heterocycles. The number of hydrogen-bond donors (Lipinski definition) is 4. The van der Waals surface area contributed by atoms with Crippen molar-refractivity contribution in [1.29, 1.82) is 0 Å². The van der Waals surface area contributed by atoms with Crippen LogP contribution in [0.2, 0.25) is 0 Å². The number of unbranched alkanes of at least 4 members (excludes halogenated alkanes) is 1. The number of rotatable bonds is 20. The third kappa shape index (κ3) is 12.2. The summed E-state index contributed by atoms with van der Waals surface area (Å²) in [6.07, 6.45) is 6.72. The van der Waals surface area contributed by atoms with Crippen LogP contribution >= 0.6 is 0 Å². The fourth-order valence-electron chi connectivity index (χ4n) is 5.18. The number of aromatic nitrogens is 2. The highest BCUT2D eigenvalue weighted by Gasteiger charge is 2.18. The Kier molecular flexibility index (Phi) is 14.1. The number of aryl methyl sites for hydroxylation is 1. The average molecular weight is 609 g/mol. The zero-order valence-corrected chi connectivity index (χ0v) is 26.7. The number of pyridine rings is 2. The third-order valence-electron chi connectivity index (χ3n) is 7.85. The topological polar surface area (TPSA) is 102 Å². The van der Waals surface area contributed by atoms with E-state index in [1.54, 1.807) is 6.07 Å². The summed E-state index contributed by atoms with van der Waals surface area (Å²) in [4.78, 5) is 24.3. The monoisotopic (exact) mass is 608 g/mol. The standard InChI is InChI=1S/C37H48N6O2/c1-3-4-11-37(45)35(23-32-16-17-36(44)29(2)22-32)42-24-30-12-14-31(15-13-30)27-43(28-39-26-34-10-6-8-19-41-34)21-20-38-25-33-9-5-7-18-40-33/h5-10,12-19,22,35,38-39,42,44H,3-4,11,20-21,23-28H2,1-2H3. The van der Waals surface area contributed by atoms with Crippen LogP contribution in [0.25, 0.3) is 0 Å². The Labute approximate surface area is 268 Å². The first-order chi connectivity index (χ1) is 22.0. The van der Waals surface area contributed by atoms with E-state index in [0.717, 1.165) is 73.8 Å². The van der Waals surface area contributed by atoms with Gasteiger partial charge in [0.25, 0.3) is 0 Å². The summed E-state index contributed by atoms with van der Waals surface area (Å²) in [6.45, 7) is 9.34. The number of carbonyl (C=O) groups is 1. The minimum absolute atomic E-state index is 0.240. The van der Waals surface area contributed by atoms with E-state index in [2.05, 4.69) is 62.0 Å². The van der Waals surface area contributed by atoms with Gasteiger partial charge in [-0.3, -0.25) is 25.0 Å². The SMILES string of the molecule is CCCCC(=O)C(Cc1ccc(O)c(C)c1)NCc1ccc(CN(CCNCc2ccccn2)CNCc2ccccn2)cc1. The second kappa shape index (κ2) is 18.8. The molecule has 0 saturated carbocycles. The van der Waals surface area contributed by atoms with Gasteiger partial charge in [-0.05, 0) is 72.4 Å². The molecule has 0 aliphatic carbocycles. The first-order valence-electron chi connectivity index (χ1n) is 16.1. The number of phenols is 1. The molecule has 8 heteroatoms. The molecule has 0 aliphatic heterocycles. The first kappa shape index (κ1) is 33.9. The van der Waals surface area contributed by atoms with Gasteiger partial charge in [0.1, 0.15) is 11.5 Å². The molecule has 0 radical (unpaired) electrons. The van der Waals surface area contributed by atoms with Gasteiger partial charge in [0.15, 0.2) is 0 Å². The maximum Gasteiger partial charge on any atom is 0.150 e. The lowest BCUT2D eigenvalue weighted by atomic mass is 9.97. The van der Waals surface area contributed by atoms with Gasteiger partial charge in [0.05, 0.1) is 17.4 Å². The molecule has 0 spiro atoms. The van der Waals surface area contributed by atoms with Crippen molar-refractivity contribution >= 4 is 5.78 Å². The lowest BCUT2D eigenvalue weighted by Crippen LogP contribution is -2.38. The van der Waals surface area contributed by atoms with Gasteiger partial charge in [-0.1, -0.05) is 61.9 Å². The smallest absolute Gasteiger partial charge is 0.150 e. The number of carbonyl (C=O) groups excluding carboxylic acids is 1. The van der Waals surface area contributed by atoms with Crippen LogP contribution in [0.5, 0.6) is 5.75 Å². The van der Waals surface area contributed by atoms with E-state index in [1.807, 2.05) is 67.8 Å². The van der Waals surface area contributed by atoms with E-state index >= 15 is 0 Å². The van der Waals surface area contributed by atoms with E-state index in [1.165, 1.54) is 5.56 Å². The van der Waals surface area contributed by atoms with Crippen molar-refractivity contribution in [2.24, 2.45) is 0 Å². The predicted octanol–water partition coefficient (Wildman–Crippen LogP) is 5.29. The molecule has 4 rings (SSSR count). The predicted molar refractivity (Wildman–Crippen MR) is 180 cm³/mol. The third-order valence-corrected chi connectivity index (χ3v) is 7.85. The number of nitrogens with one attached hydrogen (secondary N) is 3. The summed E-state index contributed by atoms with van der Waals surface area (Å²) in [7, 11) is 0. The summed E-state index contributed by atoms with van der Waals surface area (Å²) >= 11 is 0. The van der Waals surface area contributed by atoms with Crippen LogP contribution in [-0.2, 0) is 37.4 Å². The summed E-state index contributed by atoms with van der Waals surface area (Å²) in [6, 6.07) is 26.0. The van der Waals surface area contributed by atoms with Crippen LogP contribution in [0.1, 0.15) is 59.8 Å². The molecular weight excluding hydrogens is 560 g/mol. The Balaban J connectivity index is 1.32. The van der Waals surface area contributed by atoms with Crippen LogP contribution in [-0.4, -0.2) is 51.6 Å². The maximum atomic E-state index is 13.1. The Bertz CT molecular complexity index is 1420. The molecule has 45 heavy (non-hydrogen) atoms. The van der Waals surface area contributed by atoms with Gasteiger partial charge in [0.2, 0.25) is 0 Å². The number of Topliss-reactive ketones (excluding diaryl/α,β-unsaturated/α-hetero) is 1. The van der Waals surface area contributed by atoms with Crippen LogP contribution in [0.4, 0.5) is 0 Å². The Morgan fingerprint density at radius 2 is 1.51 bits per heavy atom.